The zero-order valence-electron chi connectivity index (χ0n) is 44.1. The molecule has 3 unspecified atom stereocenters. The lowest BCUT2D eigenvalue weighted by molar-refractivity contribution is -0.870. The van der Waals surface area contributed by atoms with Crippen LogP contribution < -0.4 is 10.2 Å². The summed E-state index contributed by atoms with van der Waals surface area (Å²) in [5.41, 5.74) is 0. The molecule has 0 aliphatic rings. The number of unbranched alkanes of at least 4 members (excludes halogenated alkanes) is 22. The summed E-state index contributed by atoms with van der Waals surface area (Å²) >= 11 is 0. The maximum absolute atomic E-state index is 13.4. The second-order valence-electron chi connectivity index (χ2n) is 19.4. The van der Waals surface area contributed by atoms with Gasteiger partial charge in [-0.25, -0.2) is 0 Å². The van der Waals surface area contributed by atoms with Gasteiger partial charge in [0.2, 0.25) is 5.91 Å². The number of ether oxygens (including phenoxy) is 1. The number of likely N-dealkylation sites (N-methyl/N-ethyl adjacent to an activating group) is 1. The molecule has 0 aromatic heterocycles. The highest BCUT2D eigenvalue weighted by Crippen LogP contribution is 2.38. The highest BCUT2D eigenvalue weighted by Gasteiger charge is 2.27. The molecule has 0 spiro atoms. The second-order valence-corrected chi connectivity index (χ2v) is 20.8. The van der Waals surface area contributed by atoms with Gasteiger partial charge < -0.3 is 28.5 Å². The molecule has 0 radical (unpaired) electrons. The average molecular weight is 959 g/mol. The summed E-state index contributed by atoms with van der Waals surface area (Å²) in [5, 5.41) is 3.00. The van der Waals surface area contributed by atoms with Crippen molar-refractivity contribution in [1.29, 1.82) is 0 Å². The fraction of sp³-hybridized carbons (Fsp3) is 0.754. The molecule has 0 fully saturated rings. The maximum atomic E-state index is 13.4. The number of phosphoric acid groups is 1. The minimum absolute atomic E-state index is 0.0324. The van der Waals surface area contributed by atoms with E-state index in [0.717, 1.165) is 77.0 Å². The third-order valence-electron chi connectivity index (χ3n) is 11.7. The van der Waals surface area contributed by atoms with E-state index in [9.17, 15) is 19.0 Å². The Kier molecular flexibility index (Phi) is 45.3. The van der Waals surface area contributed by atoms with E-state index in [2.05, 4.69) is 86.8 Å². The van der Waals surface area contributed by atoms with Gasteiger partial charge >= 0.3 is 5.97 Å². The van der Waals surface area contributed by atoms with Crippen LogP contribution in [0.15, 0.2) is 72.9 Å². The van der Waals surface area contributed by atoms with Crippen LogP contribution in [0.3, 0.4) is 0 Å². The van der Waals surface area contributed by atoms with Crippen LogP contribution in [0.4, 0.5) is 0 Å². The second kappa shape index (κ2) is 47.1. The lowest BCUT2D eigenvalue weighted by Crippen LogP contribution is -2.47. The summed E-state index contributed by atoms with van der Waals surface area (Å²) in [4.78, 5) is 39.7. The molecule has 9 nitrogen and oxygen atoms in total. The molecule has 388 valence electrons. The van der Waals surface area contributed by atoms with Gasteiger partial charge in [-0.2, -0.15) is 0 Å². The van der Waals surface area contributed by atoms with Crippen LogP contribution in [-0.2, 0) is 27.9 Å². The molecule has 3 atom stereocenters. The van der Waals surface area contributed by atoms with Crippen molar-refractivity contribution in [1.82, 2.24) is 5.32 Å². The SMILES string of the molecule is CC/C=C\C/C=C\C/C=C\C/C=C\C/C=C\CCCC(=O)OC(/C=C\CCCCCCCCCCCCC)C(COP(=O)([O-])OCC[N+](C)(C)C)NC(=O)CCCCCCCCCCCCC. The molecule has 67 heavy (non-hydrogen) atoms. The number of carbonyl (C=O) groups is 2. The van der Waals surface area contributed by atoms with E-state index in [1.165, 1.54) is 109 Å². The number of esters is 1. The van der Waals surface area contributed by atoms with Gasteiger partial charge in [-0.1, -0.05) is 216 Å². The average Bonchev–Trinajstić information content (AvgIpc) is 3.28. The number of hydrogen-bond acceptors (Lipinski definition) is 7. The van der Waals surface area contributed by atoms with Crippen molar-refractivity contribution in [3.8, 4) is 0 Å². The fourth-order valence-corrected chi connectivity index (χ4v) is 8.16. The lowest BCUT2D eigenvalue weighted by atomic mass is 10.0. The Morgan fingerprint density at radius 2 is 0.970 bits per heavy atom. The molecule has 0 rings (SSSR count). The Labute approximate surface area is 413 Å². The van der Waals surface area contributed by atoms with Gasteiger partial charge in [-0.05, 0) is 70.3 Å². The van der Waals surface area contributed by atoms with Crippen molar-refractivity contribution in [3.05, 3.63) is 72.9 Å². The van der Waals surface area contributed by atoms with Crippen molar-refractivity contribution in [3.63, 3.8) is 0 Å². The predicted molar refractivity (Wildman–Crippen MR) is 284 cm³/mol. The van der Waals surface area contributed by atoms with Crippen molar-refractivity contribution in [2.75, 3.05) is 40.9 Å². The number of carbonyl (C=O) groups excluding carboxylic acids is 2. The largest absolute Gasteiger partial charge is 0.756 e. The quantitative estimate of drug-likeness (QED) is 0.0212. The Hall–Kier alpha value is -2.55. The van der Waals surface area contributed by atoms with Gasteiger partial charge in [0.25, 0.3) is 7.82 Å². The van der Waals surface area contributed by atoms with Crippen molar-refractivity contribution < 1.29 is 37.3 Å². The van der Waals surface area contributed by atoms with E-state index >= 15 is 0 Å². The number of nitrogens with zero attached hydrogens (tertiary/aromatic N) is 1. The van der Waals surface area contributed by atoms with Crippen molar-refractivity contribution in [2.45, 2.75) is 238 Å². The van der Waals surface area contributed by atoms with E-state index in [1.54, 1.807) is 0 Å². The first kappa shape index (κ1) is 64.5. The lowest BCUT2D eigenvalue weighted by Gasteiger charge is -2.30. The minimum atomic E-state index is -4.70. The fourth-order valence-electron chi connectivity index (χ4n) is 7.44. The first-order chi connectivity index (χ1) is 32.4. The molecule has 1 amide bonds. The number of allylic oxidation sites excluding steroid dienone is 11. The number of phosphoric ester groups is 1. The standard InChI is InChI=1S/C57H103N2O7P/c1-7-10-13-16-19-22-25-27-28-29-30-32-35-38-41-44-47-50-57(61)66-55(48-45-42-39-36-34-31-26-23-20-17-14-11-8-2)54(53-65-67(62,63)64-52-51-59(4,5)6)58-56(60)49-46-43-40-37-33-24-21-18-15-12-9-3/h10,13,19,22,27-28,30,32,38,41,45,48,54-55H,7-9,11-12,14-18,20-21,23-26,29,31,33-37,39-40,42-44,46-47,49-53H2,1-6H3,(H-,58,60,62,63)/b13-10-,22-19-,28-27-,32-30-,41-38-,48-45-. The number of nitrogens with one attached hydrogen (secondary N) is 1. The molecule has 0 aromatic rings. The van der Waals surface area contributed by atoms with Crippen LogP contribution in [0.25, 0.3) is 0 Å². The third-order valence-corrected chi connectivity index (χ3v) is 12.6. The Bertz CT molecular complexity index is 1380. The summed E-state index contributed by atoms with van der Waals surface area (Å²) in [6.07, 6.45) is 58.7. The molecular weight excluding hydrogens is 856 g/mol. The monoisotopic (exact) mass is 959 g/mol. The zero-order chi connectivity index (χ0) is 49.4. The van der Waals surface area contributed by atoms with Crippen LogP contribution >= 0.6 is 7.82 Å². The van der Waals surface area contributed by atoms with Crippen LogP contribution in [0.2, 0.25) is 0 Å². The van der Waals surface area contributed by atoms with E-state index < -0.39 is 32.5 Å². The zero-order valence-corrected chi connectivity index (χ0v) is 45.0. The Balaban J connectivity index is 5.50. The summed E-state index contributed by atoms with van der Waals surface area (Å²) in [5.74, 6) is -0.611. The molecule has 0 bridgehead atoms. The van der Waals surface area contributed by atoms with Gasteiger partial charge in [0.05, 0.1) is 33.8 Å². The van der Waals surface area contributed by atoms with E-state index in [0.29, 0.717) is 23.9 Å². The highest BCUT2D eigenvalue weighted by atomic mass is 31.2. The first-order valence-electron chi connectivity index (χ1n) is 27.2. The van der Waals surface area contributed by atoms with E-state index in [1.807, 2.05) is 33.3 Å². The molecule has 0 saturated carbocycles. The molecular formula is C57H103N2O7P. The van der Waals surface area contributed by atoms with E-state index in [-0.39, 0.29) is 18.9 Å². The van der Waals surface area contributed by atoms with Crippen LogP contribution in [0, 0.1) is 0 Å². The topological polar surface area (TPSA) is 114 Å². The van der Waals surface area contributed by atoms with Gasteiger partial charge in [-0.3, -0.25) is 14.2 Å². The maximum Gasteiger partial charge on any atom is 0.306 e. The molecule has 1 N–H and O–H groups in total. The Morgan fingerprint density at radius 1 is 0.537 bits per heavy atom. The van der Waals surface area contributed by atoms with Crippen molar-refractivity contribution in [2.24, 2.45) is 0 Å². The summed E-state index contributed by atoms with van der Waals surface area (Å²) in [6.45, 7) is 6.67. The van der Waals surface area contributed by atoms with Gasteiger partial charge in [0.15, 0.2) is 0 Å². The number of quaternary nitrogens is 1. The Morgan fingerprint density at radius 3 is 1.45 bits per heavy atom. The van der Waals surface area contributed by atoms with Gasteiger partial charge in [0.1, 0.15) is 19.3 Å². The highest BCUT2D eigenvalue weighted by molar-refractivity contribution is 7.45. The predicted octanol–water partition coefficient (Wildman–Crippen LogP) is 15.5. The van der Waals surface area contributed by atoms with Gasteiger partial charge in [-0.15, -0.1) is 0 Å². The molecule has 0 aromatic carbocycles. The normalized spacial score (nSPS) is 14.4. The molecule has 0 aliphatic carbocycles. The summed E-state index contributed by atoms with van der Waals surface area (Å²) < 4.78 is 30.1. The van der Waals surface area contributed by atoms with Crippen LogP contribution in [0.5, 0.6) is 0 Å². The number of rotatable bonds is 48. The molecule has 10 heteroatoms. The van der Waals surface area contributed by atoms with Crippen molar-refractivity contribution >= 4 is 19.7 Å². The third kappa shape index (κ3) is 48.3. The molecule has 0 aliphatic heterocycles. The number of amides is 1. The minimum Gasteiger partial charge on any atom is -0.756 e. The first-order valence-corrected chi connectivity index (χ1v) is 28.7. The van der Waals surface area contributed by atoms with Gasteiger partial charge in [0, 0.05) is 12.8 Å². The molecule has 0 heterocycles. The van der Waals surface area contributed by atoms with Crippen LogP contribution in [0.1, 0.15) is 226 Å². The number of hydrogen-bond donors (Lipinski definition) is 1. The summed E-state index contributed by atoms with van der Waals surface area (Å²) in [7, 11) is 1.15. The van der Waals surface area contributed by atoms with Crippen LogP contribution in [-0.4, -0.2) is 69.4 Å². The smallest absolute Gasteiger partial charge is 0.306 e. The molecule has 0 saturated heterocycles. The van der Waals surface area contributed by atoms with E-state index in [4.69, 9.17) is 13.8 Å². The summed E-state index contributed by atoms with van der Waals surface area (Å²) in [6, 6.07) is -0.909.